The van der Waals surface area contributed by atoms with Gasteiger partial charge in [0, 0.05) is 19.6 Å². The van der Waals surface area contributed by atoms with Crippen LogP contribution < -0.4 is 0 Å². The van der Waals surface area contributed by atoms with E-state index in [4.69, 9.17) is 4.74 Å². The Kier molecular flexibility index (Phi) is 6.47. The standard InChI is InChI=1S/C12H22N2O4S/c1-3-8-14(11-12(15)18-4-2)19(16,17)13-9-6-5-7-10-13/h3H,1,4-11H2,2H3. The lowest BCUT2D eigenvalue weighted by atomic mass is 10.2. The molecule has 0 aromatic carbocycles. The smallest absolute Gasteiger partial charge is 0.321 e. The molecule has 110 valence electrons. The molecule has 0 aromatic rings. The van der Waals surface area contributed by atoms with Crippen LogP contribution in [-0.2, 0) is 19.7 Å². The van der Waals surface area contributed by atoms with Crippen molar-refractivity contribution in [2.24, 2.45) is 0 Å². The summed E-state index contributed by atoms with van der Waals surface area (Å²) in [7, 11) is -3.61. The largest absolute Gasteiger partial charge is 0.465 e. The number of hydrogen-bond acceptors (Lipinski definition) is 4. The predicted molar refractivity (Wildman–Crippen MR) is 72.7 cm³/mol. The lowest BCUT2D eigenvalue weighted by molar-refractivity contribution is -0.143. The van der Waals surface area contributed by atoms with Gasteiger partial charge in [0.15, 0.2) is 0 Å². The molecule has 1 saturated heterocycles. The molecule has 0 N–H and O–H groups in total. The fourth-order valence-corrected chi connectivity index (χ4v) is 3.60. The predicted octanol–water partition coefficient (Wildman–Crippen LogP) is 0.768. The van der Waals surface area contributed by atoms with Crippen molar-refractivity contribution in [2.75, 3.05) is 32.8 Å². The molecular weight excluding hydrogens is 268 g/mol. The van der Waals surface area contributed by atoms with Gasteiger partial charge in [0.25, 0.3) is 10.2 Å². The van der Waals surface area contributed by atoms with Gasteiger partial charge in [0.1, 0.15) is 6.54 Å². The van der Waals surface area contributed by atoms with Crippen LogP contribution in [0.2, 0.25) is 0 Å². The van der Waals surface area contributed by atoms with Crippen molar-refractivity contribution in [2.45, 2.75) is 26.2 Å². The average Bonchev–Trinajstić information content (AvgIpc) is 2.39. The first kappa shape index (κ1) is 16.1. The highest BCUT2D eigenvalue weighted by atomic mass is 32.2. The van der Waals surface area contributed by atoms with E-state index < -0.39 is 16.2 Å². The van der Waals surface area contributed by atoms with Crippen LogP contribution in [0.4, 0.5) is 0 Å². The first-order valence-corrected chi connectivity index (χ1v) is 7.93. The van der Waals surface area contributed by atoms with Crippen LogP contribution in [0.25, 0.3) is 0 Å². The zero-order valence-corrected chi connectivity index (χ0v) is 12.2. The van der Waals surface area contributed by atoms with Gasteiger partial charge in [-0.15, -0.1) is 6.58 Å². The summed E-state index contributed by atoms with van der Waals surface area (Å²) < 4.78 is 32.2. The third-order valence-corrected chi connectivity index (χ3v) is 4.86. The second kappa shape index (κ2) is 7.62. The highest BCUT2D eigenvalue weighted by Gasteiger charge is 2.31. The monoisotopic (exact) mass is 290 g/mol. The number of nitrogens with zero attached hydrogens (tertiary/aromatic N) is 2. The molecule has 1 fully saturated rings. The van der Waals surface area contributed by atoms with Gasteiger partial charge in [-0.3, -0.25) is 4.79 Å². The Bertz CT molecular complexity index is 402. The summed E-state index contributed by atoms with van der Waals surface area (Å²) >= 11 is 0. The number of hydrogen-bond donors (Lipinski definition) is 0. The van der Waals surface area contributed by atoms with Crippen molar-refractivity contribution in [1.29, 1.82) is 0 Å². The van der Waals surface area contributed by atoms with Crippen LogP contribution in [-0.4, -0.2) is 55.8 Å². The minimum absolute atomic E-state index is 0.109. The molecule has 0 aromatic heterocycles. The zero-order valence-electron chi connectivity index (χ0n) is 11.4. The molecule has 0 spiro atoms. The molecule has 6 nitrogen and oxygen atoms in total. The van der Waals surface area contributed by atoms with Crippen molar-refractivity contribution in [3.63, 3.8) is 0 Å². The average molecular weight is 290 g/mol. The van der Waals surface area contributed by atoms with E-state index in [1.807, 2.05) is 0 Å². The summed E-state index contributed by atoms with van der Waals surface area (Å²) in [6, 6.07) is 0. The molecule has 0 saturated carbocycles. The van der Waals surface area contributed by atoms with Crippen molar-refractivity contribution in [3.8, 4) is 0 Å². The van der Waals surface area contributed by atoms with E-state index in [1.165, 1.54) is 10.4 Å². The Morgan fingerprint density at radius 2 is 2.00 bits per heavy atom. The van der Waals surface area contributed by atoms with E-state index in [-0.39, 0.29) is 19.7 Å². The number of piperidine rings is 1. The zero-order chi connectivity index (χ0) is 14.3. The topological polar surface area (TPSA) is 66.9 Å². The summed E-state index contributed by atoms with van der Waals surface area (Å²) in [5.74, 6) is -0.537. The maximum absolute atomic E-state index is 12.4. The Morgan fingerprint density at radius 3 is 2.53 bits per heavy atom. The quantitative estimate of drug-likeness (QED) is 0.513. The van der Waals surface area contributed by atoms with Gasteiger partial charge in [-0.2, -0.15) is 17.0 Å². The van der Waals surface area contributed by atoms with Gasteiger partial charge in [0.05, 0.1) is 6.61 Å². The highest BCUT2D eigenvalue weighted by molar-refractivity contribution is 7.86. The lowest BCUT2D eigenvalue weighted by Gasteiger charge is -2.31. The Balaban J connectivity index is 2.77. The first-order valence-electron chi connectivity index (χ1n) is 6.54. The summed E-state index contributed by atoms with van der Waals surface area (Å²) in [6.07, 6.45) is 4.24. The molecule has 1 heterocycles. The van der Waals surface area contributed by atoms with Crippen LogP contribution in [0.1, 0.15) is 26.2 Å². The van der Waals surface area contributed by atoms with Crippen molar-refractivity contribution < 1.29 is 17.9 Å². The number of esters is 1. The number of ether oxygens (including phenoxy) is 1. The van der Waals surface area contributed by atoms with Crippen LogP contribution in [0, 0.1) is 0 Å². The van der Waals surface area contributed by atoms with E-state index in [2.05, 4.69) is 6.58 Å². The number of carbonyl (C=O) groups is 1. The van der Waals surface area contributed by atoms with E-state index in [9.17, 15) is 13.2 Å². The van der Waals surface area contributed by atoms with Crippen LogP contribution in [0.3, 0.4) is 0 Å². The fourth-order valence-electron chi connectivity index (χ4n) is 1.99. The summed E-state index contributed by atoms with van der Waals surface area (Å²) in [4.78, 5) is 11.5. The van der Waals surface area contributed by atoms with Gasteiger partial charge in [-0.25, -0.2) is 0 Å². The van der Waals surface area contributed by atoms with E-state index in [1.54, 1.807) is 6.92 Å². The first-order chi connectivity index (χ1) is 9.02. The molecule has 0 aliphatic carbocycles. The summed E-state index contributed by atoms with van der Waals surface area (Å²) in [5, 5.41) is 0. The minimum Gasteiger partial charge on any atom is -0.465 e. The van der Waals surface area contributed by atoms with Crippen LogP contribution >= 0.6 is 0 Å². The maximum atomic E-state index is 12.4. The lowest BCUT2D eigenvalue weighted by Crippen LogP contribution is -2.47. The second-order valence-corrected chi connectivity index (χ2v) is 6.28. The SMILES string of the molecule is C=CCN(CC(=O)OCC)S(=O)(=O)N1CCCCC1. The summed E-state index contributed by atoms with van der Waals surface area (Å²) in [6.45, 7) is 6.33. The van der Waals surface area contributed by atoms with E-state index >= 15 is 0 Å². The Labute approximate surface area is 115 Å². The normalized spacial score (nSPS) is 17.4. The second-order valence-electron chi connectivity index (χ2n) is 4.35. The molecule has 1 aliphatic rings. The summed E-state index contributed by atoms with van der Waals surface area (Å²) in [5.41, 5.74) is 0. The number of rotatable bonds is 7. The molecule has 0 amide bonds. The van der Waals surface area contributed by atoms with Crippen LogP contribution in [0.5, 0.6) is 0 Å². The Hall–Kier alpha value is -0.920. The molecule has 19 heavy (non-hydrogen) atoms. The van der Waals surface area contributed by atoms with E-state index in [0.717, 1.165) is 23.6 Å². The maximum Gasteiger partial charge on any atom is 0.321 e. The molecule has 1 aliphatic heterocycles. The van der Waals surface area contributed by atoms with Gasteiger partial charge < -0.3 is 4.74 Å². The fraction of sp³-hybridized carbons (Fsp3) is 0.750. The van der Waals surface area contributed by atoms with Gasteiger partial charge in [-0.1, -0.05) is 12.5 Å². The molecule has 0 radical (unpaired) electrons. The molecule has 0 unspecified atom stereocenters. The Morgan fingerprint density at radius 1 is 1.37 bits per heavy atom. The molecule has 0 atom stereocenters. The molecular formula is C12H22N2O4S. The molecule has 7 heteroatoms. The van der Waals surface area contributed by atoms with Gasteiger partial charge in [0.2, 0.25) is 0 Å². The highest BCUT2D eigenvalue weighted by Crippen LogP contribution is 2.16. The third kappa shape index (κ3) is 4.59. The van der Waals surface area contributed by atoms with Gasteiger partial charge in [-0.05, 0) is 19.8 Å². The minimum atomic E-state index is -3.61. The van der Waals surface area contributed by atoms with Crippen molar-refractivity contribution in [1.82, 2.24) is 8.61 Å². The van der Waals surface area contributed by atoms with Crippen molar-refractivity contribution in [3.05, 3.63) is 12.7 Å². The molecule has 1 rings (SSSR count). The van der Waals surface area contributed by atoms with E-state index in [0.29, 0.717) is 13.1 Å². The van der Waals surface area contributed by atoms with Crippen LogP contribution in [0.15, 0.2) is 12.7 Å². The third-order valence-electron chi connectivity index (χ3n) is 2.91. The van der Waals surface area contributed by atoms with Crippen molar-refractivity contribution >= 4 is 16.2 Å². The van der Waals surface area contributed by atoms with Gasteiger partial charge >= 0.3 is 5.97 Å². The number of carbonyl (C=O) groups excluding carboxylic acids is 1. The molecule has 0 bridgehead atoms.